The van der Waals surface area contributed by atoms with Crippen molar-refractivity contribution in [2.24, 2.45) is 10.9 Å². The minimum atomic E-state index is 0.00515. The summed E-state index contributed by atoms with van der Waals surface area (Å²) in [5.74, 6) is 1.71. The first-order chi connectivity index (χ1) is 14.6. The third-order valence-electron chi connectivity index (χ3n) is 5.33. The molecule has 8 nitrogen and oxygen atoms in total. The van der Waals surface area contributed by atoms with E-state index in [1.165, 1.54) is 0 Å². The van der Waals surface area contributed by atoms with Crippen molar-refractivity contribution >= 4 is 23.5 Å². The Balaban J connectivity index is 1.52. The third kappa shape index (κ3) is 5.68. The van der Waals surface area contributed by atoms with E-state index in [9.17, 15) is 4.79 Å². The van der Waals surface area contributed by atoms with Gasteiger partial charge < -0.3 is 20.4 Å². The number of hydrogen-bond donors (Lipinski definition) is 2. The van der Waals surface area contributed by atoms with Crippen LogP contribution in [0.2, 0.25) is 0 Å². The van der Waals surface area contributed by atoms with E-state index < -0.39 is 0 Å². The Hall–Kier alpha value is -3.16. The summed E-state index contributed by atoms with van der Waals surface area (Å²) in [6, 6.07) is 9.76. The lowest BCUT2D eigenvalue weighted by Crippen LogP contribution is -2.52. The van der Waals surface area contributed by atoms with Gasteiger partial charge in [-0.15, -0.1) is 0 Å². The second kappa shape index (κ2) is 10.6. The summed E-state index contributed by atoms with van der Waals surface area (Å²) >= 11 is 0. The molecular formula is C22H31N7O. The molecule has 1 saturated heterocycles. The number of piperazine rings is 1. The lowest BCUT2D eigenvalue weighted by atomic mass is 10.1. The summed E-state index contributed by atoms with van der Waals surface area (Å²) in [6.45, 7) is 7.99. The summed E-state index contributed by atoms with van der Waals surface area (Å²) in [5, 5.41) is 6.43. The standard InChI is InChI=1S/C22H31N7O/c1-4-17(2)20(30)27-19-8-5-7-18(15-19)16-26-21(23-3)28-11-13-29(14-12-28)22-24-9-6-10-25-22/h5-10,15,17H,4,11-14,16H2,1-3H3,(H,23,26)(H,27,30). The van der Waals surface area contributed by atoms with E-state index >= 15 is 0 Å². The minimum Gasteiger partial charge on any atom is -0.352 e. The molecule has 160 valence electrons. The molecule has 0 bridgehead atoms. The van der Waals surface area contributed by atoms with Crippen molar-refractivity contribution in [3.05, 3.63) is 48.3 Å². The predicted molar refractivity (Wildman–Crippen MR) is 121 cm³/mol. The van der Waals surface area contributed by atoms with Gasteiger partial charge in [0.2, 0.25) is 11.9 Å². The molecule has 0 saturated carbocycles. The van der Waals surface area contributed by atoms with Crippen LogP contribution in [0.5, 0.6) is 0 Å². The van der Waals surface area contributed by atoms with Gasteiger partial charge in [0.25, 0.3) is 0 Å². The van der Waals surface area contributed by atoms with Crippen LogP contribution in [0.3, 0.4) is 0 Å². The first-order valence-electron chi connectivity index (χ1n) is 10.5. The molecule has 1 fully saturated rings. The molecule has 1 aromatic heterocycles. The lowest BCUT2D eigenvalue weighted by molar-refractivity contribution is -0.119. The van der Waals surface area contributed by atoms with Gasteiger partial charge in [0.1, 0.15) is 0 Å². The van der Waals surface area contributed by atoms with E-state index in [0.717, 1.165) is 55.8 Å². The number of guanidine groups is 1. The molecule has 1 atom stereocenters. The average Bonchev–Trinajstić information content (AvgIpc) is 2.80. The molecule has 2 aromatic rings. The predicted octanol–water partition coefficient (Wildman–Crippen LogP) is 2.36. The van der Waals surface area contributed by atoms with Gasteiger partial charge in [0.05, 0.1) is 0 Å². The zero-order valence-corrected chi connectivity index (χ0v) is 18.0. The highest BCUT2D eigenvalue weighted by Crippen LogP contribution is 2.14. The van der Waals surface area contributed by atoms with E-state index in [2.05, 4.69) is 35.4 Å². The molecule has 1 aromatic carbocycles. The van der Waals surface area contributed by atoms with Crippen LogP contribution in [0.25, 0.3) is 0 Å². The third-order valence-corrected chi connectivity index (χ3v) is 5.33. The largest absolute Gasteiger partial charge is 0.352 e. The van der Waals surface area contributed by atoms with Gasteiger partial charge in [-0.1, -0.05) is 26.0 Å². The van der Waals surface area contributed by atoms with Gasteiger partial charge >= 0.3 is 0 Å². The monoisotopic (exact) mass is 409 g/mol. The van der Waals surface area contributed by atoms with Gasteiger partial charge in [-0.2, -0.15) is 0 Å². The first-order valence-corrected chi connectivity index (χ1v) is 10.5. The Kier molecular flexibility index (Phi) is 7.59. The summed E-state index contributed by atoms with van der Waals surface area (Å²) in [6.07, 6.45) is 4.37. The van der Waals surface area contributed by atoms with Gasteiger partial charge in [0.15, 0.2) is 5.96 Å². The van der Waals surface area contributed by atoms with E-state index in [0.29, 0.717) is 6.54 Å². The summed E-state index contributed by atoms with van der Waals surface area (Å²) in [7, 11) is 1.80. The first kappa shape index (κ1) is 21.5. The van der Waals surface area contributed by atoms with Crippen molar-refractivity contribution < 1.29 is 4.79 Å². The number of carbonyl (C=O) groups excluding carboxylic acids is 1. The number of benzene rings is 1. The molecule has 8 heteroatoms. The molecule has 2 N–H and O–H groups in total. The Morgan fingerprint density at radius 1 is 1.17 bits per heavy atom. The van der Waals surface area contributed by atoms with Crippen LogP contribution in [0, 0.1) is 5.92 Å². The van der Waals surface area contributed by atoms with Crippen LogP contribution in [-0.4, -0.2) is 60.0 Å². The van der Waals surface area contributed by atoms with Gasteiger partial charge in [-0.25, -0.2) is 9.97 Å². The Morgan fingerprint density at radius 2 is 1.90 bits per heavy atom. The van der Waals surface area contributed by atoms with E-state index in [1.807, 2.05) is 44.2 Å². The van der Waals surface area contributed by atoms with Crippen molar-refractivity contribution in [3.8, 4) is 0 Å². The van der Waals surface area contributed by atoms with Crippen LogP contribution in [0.4, 0.5) is 11.6 Å². The Bertz CT molecular complexity index is 848. The number of anilines is 2. The second-order valence-corrected chi connectivity index (χ2v) is 7.42. The highest BCUT2D eigenvalue weighted by molar-refractivity contribution is 5.92. The number of hydrogen-bond acceptors (Lipinski definition) is 5. The maximum atomic E-state index is 12.1. The van der Waals surface area contributed by atoms with Gasteiger partial charge in [-0.05, 0) is 30.2 Å². The highest BCUT2D eigenvalue weighted by atomic mass is 16.1. The highest BCUT2D eigenvalue weighted by Gasteiger charge is 2.21. The molecule has 0 radical (unpaired) electrons. The number of nitrogens with one attached hydrogen (secondary N) is 2. The lowest BCUT2D eigenvalue weighted by Gasteiger charge is -2.36. The average molecular weight is 410 g/mol. The van der Waals surface area contributed by atoms with E-state index in [4.69, 9.17) is 0 Å². The summed E-state index contributed by atoms with van der Waals surface area (Å²) < 4.78 is 0. The van der Waals surface area contributed by atoms with Crippen molar-refractivity contribution in [1.82, 2.24) is 20.2 Å². The normalized spacial score (nSPS) is 15.6. The van der Waals surface area contributed by atoms with Crippen LogP contribution in [0.15, 0.2) is 47.7 Å². The van der Waals surface area contributed by atoms with Gasteiger partial charge in [0, 0.05) is 63.8 Å². The molecule has 0 aliphatic carbocycles. The maximum Gasteiger partial charge on any atom is 0.227 e. The topological polar surface area (TPSA) is 85.8 Å². The zero-order chi connectivity index (χ0) is 21.3. The Labute approximate surface area is 178 Å². The number of aromatic nitrogens is 2. The molecule has 0 spiro atoms. The molecular weight excluding hydrogens is 378 g/mol. The fraction of sp³-hybridized carbons (Fsp3) is 0.455. The van der Waals surface area contributed by atoms with E-state index in [-0.39, 0.29) is 11.8 Å². The minimum absolute atomic E-state index is 0.00515. The van der Waals surface area contributed by atoms with E-state index in [1.54, 1.807) is 19.4 Å². The van der Waals surface area contributed by atoms with Crippen LogP contribution in [-0.2, 0) is 11.3 Å². The molecule has 1 aliphatic heterocycles. The summed E-state index contributed by atoms with van der Waals surface area (Å²) in [5.41, 5.74) is 1.92. The van der Waals surface area contributed by atoms with Gasteiger partial charge in [-0.3, -0.25) is 9.79 Å². The molecule has 3 rings (SSSR count). The number of rotatable bonds is 6. The quantitative estimate of drug-likeness (QED) is 0.563. The Morgan fingerprint density at radius 3 is 2.57 bits per heavy atom. The van der Waals surface area contributed by atoms with Crippen molar-refractivity contribution in [3.63, 3.8) is 0 Å². The smallest absolute Gasteiger partial charge is 0.227 e. The number of aliphatic imine (C=N–C) groups is 1. The zero-order valence-electron chi connectivity index (χ0n) is 18.0. The fourth-order valence-electron chi connectivity index (χ4n) is 3.30. The number of amides is 1. The SMILES string of the molecule is CCC(C)C(=O)Nc1cccc(CNC(=NC)N2CCN(c3ncccn3)CC2)c1. The van der Waals surface area contributed by atoms with Crippen LogP contribution in [0.1, 0.15) is 25.8 Å². The number of nitrogens with zero attached hydrogens (tertiary/aromatic N) is 5. The molecule has 1 aliphatic rings. The van der Waals surface area contributed by atoms with Crippen molar-refractivity contribution in [1.29, 1.82) is 0 Å². The second-order valence-electron chi connectivity index (χ2n) is 7.42. The number of carbonyl (C=O) groups is 1. The molecule has 1 amide bonds. The van der Waals surface area contributed by atoms with Crippen LogP contribution < -0.4 is 15.5 Å². The summed E-state index contributed by atoms with van der Waals surface area (Å²) in [4.78, 5) is 29.7. The van der Waals surface area contributed by atoms with Crippen molar-refractivity contribution in [2.45, 2.75) is 26.8 Å². The maximum absolute atomic E-state index is 12.1. The molecule has 1 unspecified atom stereocenters. The molecule has 2 heterocycles. The van der Waals surface area contributed by atoms with Crippen molar-refractivity contribution in [2.75, 3.05) is 43.4 Å². The van der Waals surface area contributed by atoms with Crippen LogP contribution >= 0.6 is 0 Å². The fourth-order valence-corrected chi connectivity index (χ4v) is 3.30. The molecule has 30 heavy (non-hydrogen) atoms.